The summed E-state index contributed by atoms with van der Waals surface area (Å²) in [6, 6.07) is 0. The number of nitrogens with zero attached hydrogens (tertiary/aromatic N) is 1. The summed E-state index contributed by atoms with van der Waals surface area (Å²) in [6.07, 6.45) is 3.12. The van der Waals surface area contributed by atoms with E-state index in [1.807, 2.05) is 0 Å². The zero-order chi connectivity index (χ0) is 14.9. The van der Waals surface area contributed by atoms with Gasteiger partial charge in [-0.05, 0) is 32.6 Å². The van der Waals surface area contributed by atoms with E-state index in [-0.39, 0.29) is 10.8 Å². The molecule has 1 aliphatic heterocycles. The van der Waals surface area contributed by atoms with Gasteiger partial charge in [0.25, 0.3) is 0 Å². The molecule has 1 unspecified atom stereocenters. The molecule has 1 saturated heterocycles. The maximum absolute atomic E-state index is 12.8. The average Bonchev–Trinajstić information content (AvgIpc) is 2.94. The minimum absolute atomic E-state index is 0.157. The highest BCUT2D eigenvalue weighted by atomic mass is 35.5. The molecule has 2 heterocycles. The van der Waals surface area contributed by atoms with E-state index in [9.17, 15) is 8.42 Å². The van der Waals surface area contributed by atoms with E-state index in [0.717, 1.165) is 19.3 Å². The van der Waals surface area contributed by atoms with E-state index in [1.165, 1.54) is 0 Å². The molecule has 1 aromatic rings. The Morgan fingerprint density at radius 2 is 2.05 bits per heavy atom. The number of hydrogen-bond donors (Lipinski definition) is 0. The lowest BCUT2D eigenvalue weighted by atomic mass is 10.0. The molecule has 1 aliphatic rings. The summed E-state index contributed by atoms with van der Waals surface area (Å²) in [6.45, 7) is 6.79. The summed E-state index contributed by atoms with van der Waals surface area (Å²) >= 11 is 5.90. The Morgan fingerprint density at radius 3 is 2.65 bits per heavy atom. The number of halogens is 1. The Balaban J connectivity index is 2.32. The zero-order valence-corrected chi connectivity index (χ0v) is 13.9. The number of furan rings is 1. The summed E-state index contributed by atoms with van der Waals surface area (Å²) in [4.78, 5) is 0.280. The first kappa shape index (κ1) is 15.9. The number of sulfonamides is 1. The summed E-state index contributed by atoms with van der Waals surface area (Å²) in [5, 5.41) is 0. The molecule has 1 fully saturated rings. The van der Waals surface area contributed by atoms with Gasteiger partial charge in [-0.3, -0.25) is 0 Å². The minimum atomic E-state index is -3.49. The van der Waals surface area contributed by atoms with Crippen LogP contribution in [0.2, 0.25) is 0 Å². The predicted molar refractivity (Wildman–Crippen MR) is 79.5 cm³/mol. The Hall–Kier alpha value is -0.520. The van der Waals surface area contributed by atoms with Crippen LogP contribution in [0, 0.1) is 19.8 Å². The van der Waals surface area contributed by atoms with Gasteiger partial charge in [0.2, 0.25) is 10.0 Å². The van der Waals surface area contributed by atoms with Crippen molar-refractivity contribution in [1.29, 1.82) is 0 Å². The van der Waals surface area contributed by atoms with E-state index in [0.29, 0.717) is 36.1 Å². The van der Waals surface area contributed by atoms with Crippen molar-refractivity contribution in [1.82, 2.24) is 4.31 Å². The van der Waals surface area contributed by atoms with E-state index >= 15 is 0 Å². The first-order valence-electron chi connectivity index (χ1n) is 7.06. The largest absolute Gasteiger partial charge is 0.465 e. The van der Waals surface area contributed by atoms with E-state index in [1.54, 1.807) is 18.2 Å². The van der Waals surface area contributed by atoms with Crippen LogP contribution in [-0.2, 0) is 15.9 Å². The van der Waals surface area contributed by atoms with Crippen molar-refractivity contribution in [3.63, 3.8) is 0 Å². The third kappa shape index (κ3) is 2.76. The highest BCUT2D eigenvalue weighted by Crippen LogP contribution is 2.33. The molecule has 0 saturated carbocycles. The van der Waals surface area contributed by atoms with Crippen molar-refractivity contribution in [3.05, 3.63) is 17.1 Å². The first-order valence-corrected chi connectivity index (χ1v) is 9.04. The quantitative estimate of drug-likeness (QED) is 0.781. The topological polar surface area (TPSA) is 50.5 Å². The third-order valence-corrected chi connectivity index (χ3v) is 6.33. The molecule has 20 heavy (non-hydrogen) atoms. The van der Waals surface area contributed by atoms with Gasteiger partial charge in [-0.2, -0.15) is 4.31 Å². The standard InChI is InChI=1S/C14H22ClNO3S/c1-4-5-12-6-7-16(9-12)20(17,18)14-11(3)19-10(2)13(14)8-15/h12H,4-9H2,1-3H3. The second kappa shape index (κ2) is 6.08. The SMILES string of the molecule is CCCC1CCN(S(=O)(=O)c2c(C)oc(C)c2CCl)C1. The second-order valence-corrected chi connectivity index (χ2v) is 7.60. The van der Waals surface area contributed by atoms with E-state index in [2.05, 4.69) is 6.92 Å². The molecule has 0 spiro atoms. The first-order chi connectivity index (χ1) is 9.41. The maximum Gasteiger partial charge on any atom is 0.246 e. The Kier molecular flexibility index (Phi) is 4.82. The summed E-state index contributed by atoms with van der Waals surface area (Å²) in [7, 11) is -3.49. The molecule has 4 nitrogen and oxygen atoms in total. The molecular formula is C14H22ClNO3S. The predicted octanol–water partition coefficient (Wildman–Crippen LogP) is 3.45. The van der Waals surface area contributed by atoms with Crippen LogP contribution < -0.4 is 0 Å². The van der Waals surface area contributed by atoms with Crippen LogP contribution in [-0.4, -0.2) is 25.8 Å². The van der Waals surface area contributed by atoms with Crippen LogP contribution in [0.25, 0.3) is 0 Å². The lowest BCUT2D eigenvalue weighted by Crippen LogP contribution is -2.29. The molecule has 0 radical (unpaired) electrons. The zero-order valence-electron chi connectivity index (χ0n) is 12.3. The molecule has 2 rings (SSSR count). The van der Waals surface area contributed by atoms with Crippen LogP contribution in [0.1, 0.15) is 43.3 Å². The molecule has 1 aromatic heterocycles. The molecule has 0 aromatic carbocycles. The van der Waals surface area contributed by atoms with Gasteiger partial charge >= 0.3 is 0 Å². The molecular weight excluding hydrogens is 298 g/mol. The third-order valence-electron chi connectivity index (χ3n) is 4.00. The molecule has 0 bridgehead atoms. The van der Waals surface area contributed by atoms with Crippen LogP contribution >= 0.6 is 11.6 Å². The second-order valence-electron chi connectivity index (χ2n) is 5.46. The molecule has 0 aliphatic carbocycles. The van der Waals surface area contributed by atoms with Gasteiger partial charge in [-0.25, -0.2) is 8.42 Å². The lowest BCUT2D eigenvalue weighted by Gasteiger charge is -2.17. The van der Waals surface area contributed by atoms with Crippen LogP contribution in [0.15, 0.2) is 9.31 Å². The Bertz CT molecular complexity index is 579. The fourth-order valence-electron chi connectivity index (χ4n) is 2.99. The Labute approximate surface area is 126 Å². The van der Waals surface area contributed by atoms with Crippen molar-refractivity contribution < 1.29 is 12.8 Å². The van der Waals surface area contributed by atoms with Crippen molar-refractivity contribution in [2.75, 3.05) is 13.1 Å². The summed E-state index contributed by atoms with van der Waals surface area (Å²) in [5.74, 6) is 1.67. The van der Waals surface area contributed by atoms with Gasteiger partial charge in [-0.1, -0.05) is 13.3 Å². The summed E-state index contributed by atoms with van der Waals surface area (Å²) in [5.41, 5.74) is 0.600. The number of aryl methyl sites for hydroxylation is 2. The fraction of sp³-hybridized carbons (Fsp3) is 0.714. The van der Waals surface area contributed by atoms with Gasteiger partial charge < -0.3 is 4.42 Å². The maximum atomic E-state index is 12.8. The fourth-order valence-corrected chi connectivity index (χ4v) is 5.33. The highest BCUT2D eigenvalue weighted by Gasteiger charge is 2.36. The van der Waals surface area contributed by atoms with Crippen molar-refractivity contribution >= 4 is 21.6 Å². The number of hydrogen-bond acceptors (Lipinski definition) is 3. The highest BCUT2D eigenvalue weighted by molar-refractivity contribution is 7.89. The van der Waals surface area contributed by atoms with Crippen molar-refractivity contribution in [2.45, 2.75) is 50.8 Å². The minimum Gasteiger partial charge on any atom is -0.465 e. The van der Waals surface area contributed by atoms with Crippen LogP contribution in [0.5, 0.6) is 0 Å². The summed E-state index contributed by atoms with van der Waals surface area (Å²) < 4.78 is 32.7. The van der Waals surface area contributed by atoms with E-state index in [4.69, 9.17) is 16.0 Å². The van der Waals surface area contributed by atoms with Crippen LogP contribution in [0.3, 0.4) is 0 Å². The molecule has 0 N–H and O–H groups in total. The van der Waals surface area contributed by atoms with Gasteiger partial charge in [0.05, 0.1) is 5.88 Å². The molecule has 114 valence electrons. The molecule has 6 heteroatoms. The number of rotatable bonds is 5. The van der Waals surface area contributed by atoms with Gasteiger partial charge in [-0.15, -0.1) is 11.6 Å². The van der Waals surface area contributed by atoms with Crippen molar-refractivity contribution in [3.8, 4) is 0 Å². The monoisotopic (exact) mass is 319 g/mol. The smallest absolute Gasteiger partial charge is 0.246 e. The van der Waals surface area contributed by atoms with Gasteiger partial charge in [0, 0.05) is 18.7 Å². The average molecular weight is 320 g/mol. The van der Waals surface area contributed by atoms with E-state index < -0.39 is 10.0 Å². The molecule has 0 amide bonds. The molecule has 1 atom stereocenters. The lowest BCUT2D eigenvalue weighted by molar-refractivity contribution is 0.441. The number of alkyl halides is 1. The van der Waals surface area contributed by atoms with Crippen LogP contribution in [0.4, 0.5) is 0 Å². The van der Waals surface area contributed by atoms with Gasteiger partial charge in [0.1, 0.15) is 16.4 Å². The Morgan fingerprint density at radius 1 is 1.35 bits per heavy atom. The van der Waals surface area contributed by atoms with Crippen molar-refractivity contribution in [2.24, 2.45) is 5.92 Å². The van der Waals surface area contributed by atoms with Gasteiger partial charge in [0.15, 0.2) is 0 Å². The normalized spacial score (nSPS) is 20.7.